The molecule has 0 saturated heterocycles. The molecule has 0 fully saturated rings. The minimum atomic E-state index is -3.39. The fourth-order valence-electron chi connectivity index (χ4n) is 2.53. The Morgan fingerprint density at radius 2 is 1.58 bits per heavy atom. The van der Waals surface area contributed by atoms with Crippen LogP contribution in [0.5, 0.6) is 5.75 Å². The Balaban J connectivity index is 3.58. The van der Waals surface area contributed by atoms with Crippen LogP contribution in [-0.4, -0.2) is 49.7 Å². The van der Waals surface area contributed by atoms with Gasteiger partial charge in [-0.05, 0) is 42.7 Å². The van der Waals surface area contributed by atoms with E-state index < -0.39 is 14.7 Å². The first-order valence-electron chi connectivity index (χ1n) is 7.53. The number of carbonyl (C=O) groups excluding carboxylic acids is 1. The molecule has 0 heterocycles. The lowest BCUT2D eigenvalue weighted by molar-refractivity contribution is -0.114. The van der Waals surface area contributed by atoms with Gasteiger partial charge in [-0.2, -0.15) is 0 Å². The minimum absolute atomic E-state index is 0.244. The molecule has 1 aromatic carbocycles. The highest BCUT2D eigenvalue weighted by Gasteiger charge is 2.48. The van der Waals surface area contributed by atoms with Crippen LogP contribution in [0, 0.1) is 0 Å². The first kappa shape index (κ1) is 20.3. The average molecular weight is 354 g/mol. The van der Waals surface area contributed by atoms with Crippen LogP contribution in [0.1, 0.15) is 18.4 Å². The summed E-state index contributed by atoms with van der Waals surface area (Å²) in [5.41, 5.74) is 12.8. The van der Waals surface area contributed by atoms with E-state index in [0.717, 1.165) is 5.56 Å². The molecule has 1 amide bonds. The van der Waals surface area contributed by atoms with Crippen LogP contribution in [0.25, 0.3) is 5.57 Å². The summed E-state index contributed by atoms with van der Waals surface area (Å²) >= 11 is 0. The van der Waals surface area contributed by atoms with Crippen LogP contribution in [0.2, 0.25) is 0 Å². The van der Waals surface area contributed by atoms with Gasteiger partial charge in [-0.1, -0.05) is 12.1 Å². The maximum Gasteiger partial charge on any atom is 0.542 e. The van der Waals surface area contributed by atoms with Crippen molar-refractivity contribution >= 4 is 20.3 Å². The number of primary amides is 1. The van der Waals surface area contributed by atoms with Gasteiger partial charge in [0, 0.05) is 21.3 Å². The number of hydrogen-bond acceptors (Lipinski definition) is 6. The second kappa shape index (κ2) is 9.55. The predicted octanol–water partition coefficient (Wildman–Crippen LogP) is 1.09. The lowest BCUT2D eigenvalue weighted by Gasteiger charge is -2.28. The zero-order valence-electron chi connectivity index (χ0n) is 14.6. The van der Waals surface area contributed by atoms with Crippen LogP contribution in [0.15, 0.2) is 29.5 Å². The van der Waals surface area contributed by atoms with Crippen LogP contribution in [-0.2, 0) is 18.1 Å². The van der Waals surface area contributed by atoms with E-state index >= 15 is 0 Å². The Morgan fingerprint density at radius 3 is 1.96 bits per heavy atom. The summed E-state index contributed by atoms with van der Waals surface area (Å²) in [4.78, 5) is 12.2. The number of rotatable bonds is 10. The number of hydrogen-bond donors (Lipinski definition) is 2. The monoisotopic (exact) mass is 354 g/mol. The van der Waals surface area contributed by atoms with Crippen LogP contribution >= 0.6 is 0 Å². The lowest BCUT2D eigenvalue weighted by atomic mass is 10.00. The van der Waals surface area contributed by atoms with Gasteiger partial charge < -0.3 is 29.5 Å². The minimum Gasteiger partial charge on any atom is -0.497 e. The van der Waals surface area contributed by atoms with E-state index in [1.54, 1.807) is 7.11 Å². The Kier molecular flexibility index (Phi) is 8.09. The molecule has 7 nitrogen and oxygen atoms in total. The van der Waals surface area contributed by atoms with Crippen molar-refractivity contribution in [2.45, 2.75) is 12.8 Å². The number of benzene rings is 1. The van der Waals surface area contributed by atoms with E-state index in [-0.39, 0.29) is 5.20 Å². The van der Waals surface area contributed by atoms with Crippen molar-refractivity contribution in [3.63, 3.8) is 0 Å². The van der Waals surface area contributed by atoms with E-state index in [1.165, 1.54) is 21.3 Å². The number of methoxy groups -OCH3 is 1. The van der Waals surface area contributed by atoms with Crippen LogP contribution in [0.3, 0.4) is 0 Å². The fraction of sp³-hybridized carbons (Fsp3) is 0.438. The number of ether oxygens (including phenoxy) is 1. The van der Waals surface area contributed by atoms with Gasteiger partial charge in [-0.15, -0.1) is 0 Å². The summed E-state index contributed by atoms with van der Waals surface area (Å²) in [6, 6.07) is 7.33. The molecule has 1 aromatic rings. The molecule has 0 unspecified atom stereocenters. The Hall–Kier alpha value is -1.71. The van der Waals surface area contributed by atoms with Gasteiger partial charge in [-0.25, -0.2) is 0 Å². The van der Waals surface area contributed by atoms with Gasteiger partial charge in [0.25, 0.3) is 0 Å². The SMILES string of the molecule is COc1ccc(C(CCCN)=C(C(N)=O)[Si](OC)(OC)OC)cc1. The first-order valence-corrected chi connectivity index (χ1v) is 9.25. The molecule has 0 aliphatic carbocycles. The normalized spacial score (nSPS) is 12.7. The topological polar surface area (TPSA) is 106 Å². The third kappa shape index (κ3) is 4.43. The second-order valence-corrected chi connectivity index (χ2v) is 7.84. The fourth-order valence-corrected chi connectivity index (χ4v) is 4.58. The number of nitrogens with two attached hydrogens (primary N) is 2. The summed E-state index contributed by atoms with van der Waals surface area (Å²) < 4.78 is 21.6. The van der Waals surface area contributed by atoms with Gasteiger partial charge >= 0.3 is 8.80 Å². The molecule has 1 rings (SSSR count). The standard InChI is InChI=1S/C16H26N2O5Si/c1-20-13-9-7-12(8-10-13)14(6-5-11-17)15(16(18)19)24(21-2,22-3)23-4/h7-10H,5-6,11,17H2,1-4H3,(H2,18,19). The van der Waals surface area contributed by atoms with Crippen molar-refractivity contribution in [2.75, 3.05) is 35.0 Å². The van der Waals surface area contributed by atoms with Gasteiger partial charge in [0.15, 0.2) is 0 Å². The number of amides is 1. The lowest BCUT2D eigenvalue weighted by Crippen LogP contribution is -2.50. The molecule has 0 aliphatic rings. The van der Waals surface area contributed by atoms with Gasteiger partial charge in [0.2, 0.25) is 5.91 Å². The second-order valence-electron chi connectivity index (χ2n) is 5.01. The molecule has 8 heteroatoms. The summed E-state index contributed by atoms with van der Waals surface area (Å²) in [6.07, 6.45) is 1.23. The summed E-state index contributed by atoms with van der Waals surface area (Å²) in [7, 11) is 2.52. The van der Waals surface area contributed by atoms with Gasteiger partial charge in [0.1, 0.15) is 5.75 Å². The highest BCUT2D eigenvalue weighted by atomic mass is 28.4. The Morgan fingerprint density at radius 1 is 1.04 bits per heavy atom. The number of carbonyl (C=O) groups is 1. The van der Waals surface area contributed by atoms with E-state index in [2.05, 4.69) is 0 Å². The Bertz CT molecular complexity index is 562. The van der Waals surface area contributed by atoms with Crippen molar-refractivity contribution in [1.29, 1.82) is 0 Å². The molecular formula is C16H26N2O5Si. The zero-order valence-corrected chi connectivity index (χ0v) is 15.6. The van der Waals surface area contributed by atoms with Crippen molar-refractivity contribution in [3.8, 4) is 5.75 Å². The molecular weight excluding hydrogens is 328 g/mol. The highest BCUT2D eigenvalue weighted by molar-refractivity contribution is 6.75. The molecule has 4 N–H and O–H groups in total. The average Bonchev–Trinajstić information content (AvgIpc) is 2.62. The predicted molar refractivity (Wildman–Crippen MR) is 94.2 cm³/mol. The summed E-state index contributed by atoms with van der Waals surface area (Å²) in [5, 5.41) is 0.244. The van der Waals surface area contributed by atoms with E-state index in [9.17, 15) is 4.79 Å². The molecule has 24 heavy (non-hydrogen) atoms. The molecule has 0 spiro atoms. The van der Waals surface area contributed by atoms with Crippen molar-refractivity contribution < 1.29 is 22.8 Å². The molecule has 134 valence electrons. The molecule has 0 aromatic heterocycles. The van der Waals surface area contributed by atoms with E-state index in [0.29, 0.717) is 30.7 Å². The molecule has 0 radical (unpaired) electrons. The Labute approximate surface area is 143 Å². The van der Waals surface area contributed by atoms with Crippen LogP contribution in [0.4, 0.5) is 0 Å². The number of allylic oxidation sites excluding steroid dienone is 1. The van der Waals surface area contributed by atoms with E-state index in [1.807, 2.05) is 24.3 Å². The van der Waals surface area contributed by atoms with Crippen molar-refractivity contribution in [2.24, 2.45) is 11.5 Å². The molecule has 0 aliphatic heterocycles. The summed E-state index contributed by atoms with van der Waals surface area (Å²) in [6.45, 7) is 0.479. The quantitative estimate of drug-likeness (QED) is 0.481. The first-order chi connectivity index (χ1) is 11.5. The van der Waals surface area contributed by atoms with Crippen molar-refractivity contribution in [3.05, 3.63) is 35.0 Å². The molecule has 0 atom stereocenters. The zero-order chi connectivity index (χ0) is 18.2. The van der Waals surface area contributed by atoms with Crippen molar-refractivity contribution in [1.82, 2.24) is 0 Å². The largest absolute Gasteiger partial charge is 0.542 e. The smallest absolute Gasteiger partial charge is 0.497 e. The summed E-state index contributed by atoms with van der Waals surface area (Å²) in [5.74, 6) is 0.0846. The van der Waals surface area contributed by atoms with E-state index in [4.69, 9.17) is 29.5 Å². The molecule has 0 bridgehead atoms. The highest BCUT2D eigenvalue weighted by Crippen LogP contribution is 2.31. The van der Waals surface area contributed by atoms with Gasteiger partial charge in [0.05, 0.1) is 12.3 Å². The third-order valence-electron chi connectivity index (χ3n) is 3.73. The molecule has 0 saturated carbocycles. The maximum absolute atomic E-state index is 12.2. The third-order valence-corrected chi connectivity index (χ3v) is 6.50. The van der Waals surface area contributed by atoms with Crippen LogP contribution < -0.4 is 16.2 Å². The maximum atomic E-state index is 12.2. The van der Waals surface area contributed by atoms with Gasteiger partial charge in [-0.3, -0.25) is 4.79 Å².